The Morgan fingerprint density at radius 2 is 0.423 bits per heavy atom. The molecule has 27 rings (SSSR count). The van der Waals surface area contributed by atoms with E-state index in [1.165, 1.54) is 37.7 Å². The first-order chi connectivity index (χ1) is 67.9. The van der Waals surface area contributed by atoms with Gasteiger partial charge in [0.05, 0.1) is 0 Å². The average molecular weight is 1750 g/mol. The van der Waals surface area contributed by atoms with E-state index in [1.54, 1.807) is 0 Å². The van der Waals surface area contributed by atoms with Gasteiger partial charge in [-0.1, -0.05) is 388 Å². The van der Waals surface area contributed by atoms with Gasteiger partial charge < -0.3 is 13.3 Å². The SMILES string of the molecule is c1ccc(-c2cccc(-c3nc(-c4ccccc4)nc(-c4cccc(-c5ccc6ccc7oc8ccccc8c7c6c5)c4)n3)c2)cc1.c1ccc(-c2nc(-c3ccccc3)nc(-c3cc(-c4cccc5c4ccc4oc6ccccc6c45)c4ccccc4c3)n2)cc1.c1ccc(-c2nc(-c3ccccc3)nc(-c3ccc(-c4ccc5c(ccc6oc7ccccc7c65)c4)c4ccccc34)n2)cc1. The summed E-state index contributed by atoms with van der Waals surface area (Å²) in [6.45, 7) is 0. The number of rotatable bonds is 13. The van der Waals surface area contributed by atoms with E-state index in [0.29, 0.717) is 52.4 Å². The van der Waals surface area contributed by atoms with Crippen LogP contribution in [0, 0.1) is 0 Å². The molecule has 12 nitrogen and oxygen atoms in total. The normalized spacial score (nSPS) is 11.5. The van der Waals surface area contributed by atoms with E-state index in [2.05, 4.69) is 273 Å². The molecule has 0 bridgehead atoms. The highest BCUT2D eigenvalue weighted by atomic mass is 16.3. The van der Waals surface area contributed by atoms with E-state index >= 15 is 0 Å². The number of nitrogens with zero attached hydrogens (tertiary/aromatic N) is 9. The standard InChI is InChI=1S/C43H27N3O.2C41H25N3O/c1-3-11-28(12-4-1)31-15-9-17-34(25-31)42-44-41(30-13-5-2-6-14-30)45-43(46-42)35-18-10-16-32(26-35)33-22-21-29-23-24-39-40(37(29)27-33)36-19-7-8-20-38(36)47-39;1-3-12-26(13-4-1)39-42-40(27-14-5-2-6-15-27)44-41(43-39)29-24-28-16-7-8-17-30(28)35(25-29)31-19-11-20-33-32(31)22-23-37-38(33)34-18-9-10-21-36(34)45-37;1-3-11-26(12-4-1)39-42-40(27-13-5-2-6-14-27)44-41(43-39)34-23-22-30(32-15-7-8-16-33(32)34)28-19-21-31-29(25-28)20-24-37-38(31)35-17-9-10-18-36(35)45-37/h1-27H;2*1-25H. The molecule has 0 atom stereocenters. The highest BCUT2D eigenvalue weighted by Gasteiger charge is 2.24. The van der Waals surface area contributed by atoms with Gasteiger partial charge in [0, 0.05) is 82.4 Å². The summed E-state index contributed by atoms with van der Waals surface area (Å²) in [5.74, 6) is 5.79. The van der Waals surface area contributed by atoms with Gasteiger partial charge in [-0.3, -0.25) is 0 Å². The summed E-state index contributed by atoms with van der Waals surface area (Å²) in [6, 6.07) is 161. The van der Waals surface area contributed by atoms with Crippen molar-refractivity contribution in [1.29, 1.82) is 0 Å². The first-order valence-corrected chi connectivity index (χ1v) is 45.8. The smallest absolute Gasteiger partial charge is 0.164 e. The molecule has 0 N–H and O–H groups in total. The molecule has 640 valence electrons. The lowest BCUT2D eigenvalue weighted by atomic mass is 9.91. The fourth-order valence-corrected chi connectivity index (χ4v) is 19.2. The van der Waals surface area contributed by atoms with E-state index in [1.807, 2.05) is 194 Å². The van der Waals surface area contributed by atoms with Crippen LogP contribution in [-0.2, 0) is 0 Å². The van der Waals surface area contributed by atoms with Gasteiger partial charge in [0.2, 0.25) is 0 Å². The van der Waals surface area contributed by atoms with Gasteiger partial charge in [-0.15, -0.1) is 0 Å². The Kier molecular flexibility index (Phi) is 20.3. The first kappa shape index (κ1) is 80.4. The number of aromatic nitrogens is 9. The Hall–Kier alpha value is -18.7. The lowest BCUT2D eigenvalue weighted by Gasteiger charge is -2.14. The molecule has 137 heavy (non-hydrogen) atoms. The van der Waals surface area contributed by atoms with Crippen LogP contribution in [0.3, 0.4) is 0 Å². The van der Waals surface area contributed by atoms with Crippen LogP contribution in [0.2, 0.25) is 0 Å². The molecule has 0 aliphatic carbocycles. The molecule has 0 aliphatic rings. The Morgan fingerprint density at radius 3 is 0.927 bits per heavy atom. The van der Waals surface area contributed by atoms with Gasteiger partial charge in [0.25, 0.3) is 0 Å². The van der Waals surface area contributed by atoms with Crippen molar-refractivity contribution in [3.05, 3.63) is 467 Å². The van der Waals surface area contributed by atoms with Crippen molar-refractivity contribution in [2.75, 3.05) is 0 Å². The molecule has 6 heterocycles. The summed E-state index contributed by atoms with van der Waals surface area (Å²) in [4.78, 5) is 44.9. The average Bonchev–Trinajstić information content (AvgIpc) is 1.57. The van der Waals surface area contributed by atoms with Crippen molar-refractivity contribution >= 4 is 120 Å². The number of furan rings is 3. The van der Waals surface area contributed by atoms with E-state index in [4.69, 9.17) is 58.1 Å². The second-order valence-corrected chi connectivity index (χ2v) is 34.1. The number of hydrogen-bond donors (Lipinski definition) is 0. The maximum atomic E-state index is 6.23. The minimum absolute atomic E-state index is 0.629. The van der Waals surface area contributed by atoms with Crippen LogP contribution >= 0.6 is 0 Å². The van der Waals surface area contributed by atoms with E-state index in [0.717, 1.165) is 177 Å². The first-order valence-electron chi connectivity index (χ1n) is 45.8. The fourth-order valence-electron chi connectivity index (χ4n) is 19.2. The summed E-state index contributed by atoms with van der Waals surface area (Å²) in [5, 5.41) is 18.4. The summed E-state index contributed by atoms with van der Waals surface area (Å²) >= 11 is 0. The van der Waals surface area contributed by atoms with Gasteiger partial charge in [-0.2, -0.15) is 0 Å². The minimum atomic E-state index is 0.629. The largest absolute Gasteiger partial charge is 0.456 e. The van der Waals surface area contributed by atoms with Crippen LogP contribution in [0.15, 0.2) is 480 Å². The molecule has 0 fully saturated rings. The second-order valence-electron chi connectivity index (χ2n) is 34.1. The van der Waals surface area contributed by atoms with Crippen molar-refractivity contribution < 1.29 is 13.3 Å². The zero-order chi connectivity index (χ0) is 90.6. The number of para-hydroxylation sites is 3. The van der Waals surface area contributed by atoms with E-state index < -0.39 is 0 Å². The molecule has 0 amide bonds. The molecule has 0 radical (unpaired) electrons. The zero-order valence-corrected chi connectivity index (χ0v) is 73.7. The number of fused-ring (bicyclic) bond motifs is 17. The zero-order valence-electron chi connectivity index (χ0n) is 73.7. The quantitative estimate of drug-likeness (QED) is 0.108. The predicted octanol–water partition coefficient (Wildman–Crippen LogP) is 32.8. The molecule has 0 saturated carbocycles. The molecule has 0 saturated heterocycles. The molecular weight excluding hydrogens is 1680 g/mol. The molecule has 0 aliphatic heterocycles. The summed E-state index contributed by atoms with van der Waals surface area (Å²) in [6.07, 6.45) is 0. The molecule has 0 spiro atoms. The molecule has 27 aromatic rings. The maximum absolute atomic E-state index is 6.23. The molecular formula is C125H77N9O3. The summed E-state index contributed by atoms with van der Waals surface area (Å²) in [7, 11) is 0. The van der Waals surface area contributed by atoms with Gasteiger partial charge in [-0.25, -0.2) is 44.9 Å². The molecule has 12 heteroatoms. The van der Waals surface area contributed by atoms with Crippen LogP contribution < -0.4 is 0 Å². The third kappa shape index (κ3) is 15.2. The predicted molar refractivity (Wildman–Crippen MR) is 560 cm³/mol. The van der Waals surface area contributed by atoms with Crippen molar-refractivity contribution in [2.45, 2.75) is 0 Å². The van der Waals surface area contributed by atoms with Crippen LogP contribution in [-0.4, -0.2) is 44.9 Å². The molecule has 21 aromatic carbocycles. The van der Waals surface area contributed by atoms with Gasteiger partial charge in [0.15, 0.2) is 52.4 Å². The van der Waals surface area contributed by atoms with Crippen molar-refractivity contribution in [3.63, 3.8) is 0 Å². The van der Waals surface area contributed by atoms with Crippen LogP contribution in [0.1, 0.15) is 0 Å². The number of benzene rings is 21. The van der Waals surface area contributed by atoms with Crippen LogP contribution in [0.4, 0.5) is 0 Å². The van der Waals surface area contributed by atoms with Gasteiger partial charge in [0.1, 0.15) is 33.5 Å². The highest BCUT2D eigenvalue weighted by molar-refractivity contribution is 6.24. The lowest BCUT2D eigenvalue weighted by Crippen LogP contribution is -2.00. The Labute approximate surface area is 786 Å². The third-order valence-corrected chi connectivity index (χ3v) is 25.8. The lowest BCUT2D eigenvalue weighted by molar-refractivity contribution is 0.669. The van der Waals surface area contributed by atoms with Crippen molar-refractivity contribution in [1.82, 2.24) is 44.9 Å². The monoisotopic (exact) mass is 1750 g/mol. The van der Waals surface area contributed by atoms with Crippen molar-refractivity contribution in [3.8, 4) is 147 Å². The Bertz CT molecular complexity index is 9240. The highest BCUT2D eigenvalue weighted by Crippen LogP contribution is 2.46. The topological polar surface area (TPSA) is 155 Å². The second kappa shape index (κ2) is 34.6. The minimum Gasteiger partial charge on any atom is -0.456 e. The van der Waals surface area contributed by atoms with Crippen molar-refractivity contribution in [2.24, 2.45) is 0 Å². The molecule has 0 unspecified atom stereocenters. The number of hydrogen-bond acceptors (Lipinski definition) is 12. The van der Waals surface area contributed by atoms with Gasteiger partial charge >= 0.3 is 0 Å². The van der Waals surface area contributed by atoms with E-state index in [-0.39, 0.29) is 0 Å². The summed E-state index contributed by atoms with van der Waals surface area (Å²) in [5.41, 5.74) is 23.0. The summed E-state index contributed by atoms with van der Waals surface area (Å²) < 4.78 is 18.6. The van der Waals surface area contributed by atoms with Gasteiger partial charge in [-0.05, 0) is 177 Å². The van der Waals surface area contributed by atoms with E-state index in [9.17, 15) is 0 Å². The Morgan fingerprint density at radius 1 is 0.117 bits per heavy atom. The Balaban J connectivity index is 0.000000109. The fraction of sp³-hybridized carbons (Fsp3) is 0. The van der Waals surface area contributed by atoms with Crippen LogP contribution in [0.25, 0.3) is 267 Å². The third-order valence-electron chi connectivity index (χ3n) is 25.8. The molecule has 6 aromatic heterocycles. The maximum Gasteiger partial charge on any atom is 0.164 e. The van der Waals surface area contributed by atoms with Crippen LogP contribution in [0.5, 0.6) is 0 Å².